The zero-order valence-corrected chi connectivity index (χ0v) is 12.6. The molecule has 0 saturated heterocycles. The van der Waals surface area contributed by atoms with Gasteiger partial charge in [-0.25, -0.2) is 14.4 Å². The van der Waals surface area contributed by atoms with Gasteiger partial charge in [0.1, 0.15) is 11.5 Å². The molecule has 0 spiro atoms. The molecule has 0 aliphatic rings. The molecule has 0 atom stereocenters. The Bertz CT molecular complexity index is 841. The molecule has 2 N–H and O–H groups in total. The Morgan fingerprint density at radius 1 is 1.04 bits per heavy atom. The SMILES string of the molecule is O=C(NCc1ccncc1)c1ccnc(Nc2ccccc2F)n1. The van der Waals surface area contributed by atoms with Crippen molar-refractivity contribution in [3.63, 3.8) is 0 Å². The number of benzene rings is 1. The standard InChI is InChI=1S/C17H14FN5O/c18-13-3-1-2-4-14(13)22-17-20-10-7-15(23-17)16(24)21-11-12-5-8-19-9-6-12/h1-10H,11H2,(H,21,24)(H,20,22,23). The van der Waals surface area contributed by atoms with Crippen molar-refractivity contribution >= 4 is 17.5 Å². The average Bonchev–Trinajstić information content (AvgIpc) is 2.63. The van der Waals surface area contributed by atoms with Crippen LogP contribution in [0.2, 0.25) is 0 Å². The highest BCUT2D eigenvalue weighted by Crippen LogP contribution is 2.16. The van der Waals surface area contributed by atoms with E-state index in [1.165, 1.54) is 18.3 Å². The molecule has 3 rings (SSSR count). The van der Waals surface area contributed by atoms with Crippen LogP contribution >= 0.6 is 0 Å². The van der Waals surface area contributed by atoms with E-state index < -0.39 is 5.82 Å². The summed E-state index contributed by atoms with van der Waals surface area (Å²) in [5.41, 5.74) is 1.36. The lowest BCUT2D eigenvalue weighted by Gasteiger charge is -2.08. The molecule has 0 fully saturated rings. The molecule has 0 saturated carbocycles. The van der Waals surface area contributed by atoms with Gasteiger partial charge in [-0.3, -0.25) is 9.78 Å². The van der Waals surface area contributed by atoms with Gasteiger partial charge in [-0.1, -0.05) is 12.1 Å². The summed E-state index contributed by atoms with van der Waals surface area (Å²) < 4.78 is 13.6. The van der Waals surface area contributed by atoms with Crippen LogP contribution in [0.5, 0.6) is 0 Å². The molecule has 0 bridgehead atoms. The third-order valence-corrected chi connectivity index (χ3v) is 3.21. The van der Waals surface area contributed by atoms with Crippen LogP contribution in [-0.2, 0) is 6.54 Å². The van der Waals surface area contributed by atoms with Gasteiger partial charge in [0.25, 0.3) is 5.91 Å². The molecule has 1 amide bonds. The van der Waals surface area contributed by atoms with E-state index in [4.69, 9.17) is 0 Å². The van der Waals surface area contributed by atoms with Crippen molar-refractivity contribution in [3.8, 4) is 0 Å². The van der Waals surface area contributed by atoms with Crippen LogP contribution in [0.4, 0.5) is 16.0 Å². The predicted molar refractivity (Wildman–Crippen MR) is 87.1 cm³/mol. The smallest absolute Gasteiger partial charge is 0.270 e. The van der Waals surface area contributed by atoms with Crippen LogP contribution in [0.15, 0.2) is 61.1 Å². The number of hydrogen-bond donors (Lipinski definition) is 2. The van der Waals surface area contributed by atoms with E-state index in [-0.39, 0.29) is 23.2 Å². The Kier molecular flexibility index (Phi) is 4.71. The van der Waals surface area contributed by atoms with Crippen molar-refractivity contribution in [2.75, 3.05) is 5.32 Å². The minimum Gasteiger partial charge on any atom is -0.347 e. The number of anilines is 2. The van der Waals surface area contributed by atoms with Crippen LogP contribution in [0.25, 0.3) is 0 Å². The maximum Gasteiger partial charge on any atom is 0.270 e. The van der Waals surface area contributed by atoms with Crippen LogP contribution in [0.3, 0.4) is 0 Å². The highest BCUT2D eigenvalue weighted by molar-refractivity contribution is 5.92. The average molecular weight is 323 g/mol. The first-order valence-corrected chi connectivity index (χ1v) is 7.24. The van der Waals surface area contributed by atoms with Gasteiger partial charge < -0.3 is 10.6 Å². The monoisotopic (exact) mass is 323 g/mol. The fraction of sp³-hybridized carbons (Fsp3) is 0.0588. The zero-order chi connectivity index (χ0) is 16.8. The first-order valence-electron chi connectivity index (χ1n) is 7.24. The summed E-state index contributed by atoms with van der Waals surface area (Å²) in [5, 5.41) is 5.51. The molecule has 6 nitrogen and oxygen atoms in total. The quantitative estimate of drug-likeness (QED) is 0.754. The number of amides is 1. The number of carbonyl (C=O) groups is 1. The lowest BCUT2D eigenvalue weighted by molar-refractivity contribution is 0.0946. The molecular weight excluding hydrogens is 309 g/mol. The number of nitrogens with one attached hydrogen (secondary N) is 2. The number of carbonyl (C=O) groups excluding carboxylic acids is 1. The number of nitrogens with zero attached hydrogens (tertiary/aromatic N) is 3. The molecule has 7 heteroatoms. The van der Waals surface area contributed by atoms with Crippen molar-refractivity contribution in [1.82, 2.24) is 20.3 Å². The van der Waals surface area contributed by atoms with Crippen molar-refractivity contribution in [2.24, 2.45) is 0 Å². The van der Waals surface area contributed by atoms with Crippen molar-refractivity contribution in [2.45, 2.75) is 6.54 Å². The highest BCUT2D eigenvalue weighted by atomic mass is 19.1. The summed E-state index contributed by atoms with van der Waals surface area (Å²) in [5.74, 6) is -0.615. The minimum absolute atomic E-state index is 0.150. The highest BCUT2D eigenvalue weighted by Gasteiger charge is 2.10. The summed E-state index contributed by atoms with van der Waals surface area (Å²) in [6, 6.07) is 11.3. The van der Waals surface area contributed by atoms with E-state index in [0.717, 1.165) is 5.56 Å². The second-order valence-electron chi connectivity index (χ2n) is 4.91. The fourth-order valence-corrected chi connectivity index (χ4v) is 2.00. The van der Waals surface area contributed by atoms with Crippen molar-refractivity contribution in [3.05, 3.63) is 78.1 Å². The number of aromatic nitrogens is 3. The Hall–Kier alpha value is -3.35. The minimum atomic E-state index is -0.423. The molecule has 0 aliphatic heterocycles. The van der Waals surface area contributed by atoms with Crippen LogP contribution < -0.4 is 10.6 Å². The number of pyridine rings is 1. The Balaban J connectivity index is 1.68. The van der Waals surface area contributed by atoms with Gasteiger partial charge in [0.05, 0.1) is 5.69 Å². The molecule has 2 aromatic heterocycles. The Morgan fingerprint density at radius 3 is 2.62 bits per heavy atom. The third-order valence-electron chi connectivity index (χ3n) is 3.21. The Morgan fingerprint density at radius 2 is 1.83 bits per heavy atom. The van der Waals surface area contributed by atoms with Gasteiger partial charge in [0, 0.05) is 25.1 Å². The molecule has 0 aliphatic carbocycles. The number of halogens is 1. The van der Waals surface area contributed by atoms with Gasteiger partial charge in [0.15, 0.2) is 0 Å². The lowest BCUT2D eigenvalue weighted by atomic mass is 10.2. The summed E-state index contributed by atoms with van der Waals surface area (Å²) in [6.45, 7) is 0.363. The van der Waals surface area contributed by atoms with E-state index in [1.807, 2.05) is 12.1 Å². The summed E-state index contributed by atoms with van der Waals surface area (Å²) >= 11 is 0. The predicted octanol–water partition coefficient (Wildman–Crippen LogP) is 2.68. The van der Waals surface area contributed by atoms with Crippen LogP contribution in [0.1, 0.15) is 16.1 Å². The van der Waals surface area contributed by atoms with Gasteiger partial charge in [-0.15, -0.1) is 0 Å². The fourth-order valence-electron chi connectivity index (χ4n) is 2.00. The maximum absolute atomic E-state index is 13.6. The molecule has 0 unspecified atom stereocenters. The van der Waals surface area contributed by atoms with Crippen molar-refractivity contribution in [1.29, 1.82) is 0 Å². The maximum atomic E-state index is 13.6. The van der Waals surface area contributed by atoms with Gasteiger partial charge in [0.2, 0.25) is 5.95 Å². The molecule has 0 radical (unpaired) electrons. The zero-order valence-electron chi connectivity index (χ0n) is 12.6. The first kappa shape index (κ1) is 15.5. The van der Waals surface area contributed by atoms with Crippen LogP contribution in [-0.4, -0.2) is 20.9 Å². The van der Waals surface area contributed by atoms with E-state index in [2.05, 4.69) is 25.6 Å². The van der Waals surface area contributed by atoms with E-state index in [0.29, 0.717) is 6.54 Å². The number of para-hydroxylation sites is 1. The second kappa shape index (κ2) is 7.28. The van der Waals surface area contributed by atoms with Gasteiger partial charge in [-0.05, 0) is 35.9 Å². The normalized spacial score (nSPS) is 10.2. The Labute approximate surface area is 137 Å². The van der Waals surface area contributed by atoms with Crippen molar-refractivity contribution < 1.29 is 9.18 Å². The van der Waals surface area contributed by atoms with Gasteiger partial charge in [-0.2, -0.15) is 0 Å². The molecule has 3 aromatic rings. The lowest BCUT2D eigenvalue weighted by Crippen LogP contribution is -2.24. The summed E-state index contributed by atoms with van der Waals surface area (Å²) in [4.78, 5) is 24.2. The largest absolute Gasteiger partial charge is 0.347 e. The summed E-state index contributed by atoms with van der Waals surface area (Å²) in [7, 11) is 0. The van der Waals surface area contributed by atoms with E-state index in [9.17, 15) is 9.18 Å². The summed E-state index contributed by atoms with van der Waals surface area (Å²) in [6.07, 6.45) is 4.75. The van der Waals surface area contributed by atoms with Crippen LogP contribution in [0, 0.1) is 5.82 Å². The third kappa shape index (κ3) is 3.89. The second-order valence-corrected chi connectivity index (χ2v) is 4.91. The van der Waals surface area contributed by atoms with Gasteiger partial charge >= 0.3 is 0 Å². The topological polar surface area (TPSA) is 79.8 Å². The van der Waals surface area contributed by atoms with E-state index in [1.54, 1.807) is 30.6 Å². The number of hydrogen-bond acceptors (Lipinski definition) is 5. The molecule has 2 heterocycles. The molecule has 120 valence electrons. The number of rotatable bonds is 5. The molecule has 1 aromatic carbocycles. The molecular formula is C17H14FN5O. The first-order chi connectivity index (χ1) is 11.7. The van der Waals surface area contributed by atoms with E-state index >= 15 is 0 Å². The molecule has 24 heavy (non-hydrogen) atoms.